The van der Waals surface area contributed by atoms with Crippen LogP contribution in [0.1, 0.15) is 11.4 Å². The van der Waals surface area contributed by atoms with Crippen molar-refractivity contribution in [2.45, 2.75) is 6.42 Å². The molecule has 0 aliphatic rings. The standard InChI is InChI=1S/C14H11BrN2O/c15-13-7-3-5-11-9-16-14(17(11)13)8-10-4-1-2-6-12(10)18/h1-7,9,18H,8H2. The van der Waals surface area contributed by atoms with E-state index in [0.717, 1.165) is 21.5 Å². The lowest BCUT2D eigenvalue weighted by Gasteiger charge is -2.05. The molecule has 1 N–H and O–H groups in total. The summed E-state index contributed by atoms with van der Waals surface area (Å²) >= 11 is 3.52. The molecular weight excluding hydrogens is 292 g/mol. The molecule has 0 aliphatic carbocycles. The number of aromatic hydroxyl groups is 1. The predicted octanol–water partition coefficient (Wildman–Crippen LogP) is 3.39. The Hall–Kier alpha value is -1.81. The zero-order valence-corrected chi connectivity index (χ0v) is 11.1. The molecule has 0 amide bonds. The molecule has 0 radical (unpaired) electrons. The lowest BCUT2D eigenvalue weighted by atomic mass is 10.1. The zero-order valence-electron chi connectivity index (χ0n) is 9.55. The molecule has 0 saturated heterocycles. The number of phenolic OH excluding ortho intramolecular Hbond substituents is 1. The Balaban J connectivity index is 2.09. The number of halogens is 1. The van der Waals surface area contributed by atoms with Crippen molar-refractivity contribution in [2.75, 3.05) is 0 Å². The van der Waals surface area contributed by atoms with Gasteiger partial charge in [-0.05, 0) is 34.1 Å². The van der Waals surface area contributed by atoms with Gasteiger partial charge < -0.3 is 5.11 Å². The molecule has 2 aromatic heterocycles. The van der Waals surface area contributed by atoms with Gasteiger partial charge in [-0.1, -0.05) is 24.3 Å². The minimum absolute atomic E-state index is 0.307. The lowest BCUT2D eigenvalue weighted by molar-refractivity contribution is 0.469. The summed E-state index contributed by atoms with van der Waals surface area (Å²) in [6.45, 7) is 0. The van der Waals surface area contributed by atoms with Crippen LogP contribution in [0.25, 0.3) is 5.52 Å². The molecule has 3 rings (SSSR count). The number of aromatic nitrogens is 2. The first-order chi connectivity index (χ1) is 8.75. The summed E-state index contributed by atoms with van der Waals surface area (Å²) in [7, 11) is 0. The van der Waals surface area contributed by atoms with Gasteiger partial charge in [-0.25, -0.2) is 4.98 Å². The second-order valence-corrected chi connectivity index (χ2v) is 4.90. The molecule has 0 bridgehead atoms. The molecule has 18 heavy (non-hydrogen) atoms. The fourth-order valence-corrected chi connectivity index (χ4v) is 2.59. The van der Waals surface area contributed by atoms with Gasteiger partial charge in [-0.3, -0.25) is 4.40 Å². The van der Waals surface area contributed by atoms with Crippen LogP contribution in [-0.4, -0.2) is 14.5 Å². The first-order valence-corrected chi connectivity index (χ1v) is 6.43. The summed E-state index contributed by atoms with van der Waals surface area (Å²) in [4.78, 5) is 4.41. The minimum Gasteiger partial charge on any atom is -0.508 e. The smallest absolute Gasteiger partial charge is 0.119 e. The van der Waals surface area contributed by atoms with E-state index in [1.807, 2.05) is 47.0 Å². The molecule has 3 aromatic rings. The number of pyridine rings is 1. The van der Waals surface area contributed by atoms with Crippen LogP contribution >= 0.6 is 15.9 Å². The Kier molecular flexibility index (Phi) is 2.80. The molecule has 3 nitrogen and oxygen atoms in total. The Morgan fingerprint density at radius 2 is 1.94 bits per heavy atom. The second kappa shape index (κ2) is 4.46. The van der Waals surface area contributed by atoms with E-state index in [2.05, 4.69) is 20.9 Å². The molecule has 1 aromatic carbocycles. The second-order valence-electron chi connectivity index (χ2n) is 4.09. The molecule has 0 spiro atoms. The Morgan fingerprint density at radius 1 is 1.11 bits per heavy atom. The molecule has 0 aliphatic heterocycles. The van der Waals surface area contributed by atoms with E-state index in [1.54, 1.807) is 6.07 Å². The van der Waals surface area contributed by atoms with Crippen LogP contribution in [0.4, 0.5) is 0 Å². The van der Waals surface area contributed by atoms with Crippen molar-refractivity contribution < 1.29 is 5.11 Å². The highest BCUT2D eigenvalue weighted by molar-refractivity contribution is 9.10. The average molecular weight is 303 g/mol. The normalized spacial score (nSPS) is 10.9. The quantitative estimate of drug-likeness (QED) is 0.737. The highest BCUT2D eigenvalue weighted by Gasteiger charge is 2.09. The predicted molar refractivity (Wildman–Crippen MR) is 73.8 cm³/mol. The van der Waals surface area contributed by atoms with Gasteiger partial charge in [0.1, 0.15) is 11.6 Å². The maximum absolute atomic E-state index is 9.80. The number of hydrogen-bond acceptors (Lipinski definition) is 2. The largest absolute Gasteiger partial charge is 0.508 e. The summed E-state index contributed by atoms with van der Waals surface area (Å²) in [6, 6.07) is 13.3. The van der Waals surface area contributed by atoms with Gasteiger partial charge in [0.25, 0.3) is 0 Å². The number of imidazole rings is 1. The Labute approximate surface area is 113 Å². The topological polar surface area (TPSA) is 37.5 Å². The van der Waals surface area contributed by atoms with Crippen LogP contribution in [0.15, 0.2) is 53.3 Å². The fraction of sp³-hybridized carbons (Fsp3) is 0.0714. The van der Waals surface area contributed by atoms with Crippen molar-refractivity contribution in [1.29, 1.82) is 0 Å². The van der Waals surface area contributed by atoms with Crippen molar-refractivity contribution in [1.82, 2.24) is 9.38 Å². The number of phenols is 1. The van der Waals surface area contributed by atoms with E-state index in [1.165, 1.54) is 0 Å². The van der Waals surface area contributed by atoms with Gasteiger partial charge >= 0.3 is 0 Å². The fourth-order valence-electron chi connectivity index (χ4n) is 2.03. The Morgan fingerprint density at radius 3 is 2.78 bits per heavy atom. The number of para-hydroxylation sites is 1. The van der Waals surface area contributed by atoms with Gasteiger partial charge in [0.15, 0.2) is 0 Å². The third-order valence-electron chi connectivity index (χ3n) is 2.92. The summed E-state index contributed by atoms with van der Waals surface area (Å²) in [5.41, 5.74) is 1.91. The maximum Gasteiger partial charge on any atom is 0.119 e. The highest BCUT2D eigenvalue weighted by Crippen LogP contribution is 2.22. The van der Waals surface area contributed by atoms with E-state index in [-0.39, 0.29) is 0 Å². The number of nitrogens with zero attached hydrogens (tertiary/aromatic N) is 2. The van der Waals surface area contributed by atoms with Gasteiger partial charge in [-0.2, -0.15) is 0 Å². The molecule has 4 heteroatoms. The Bertz CT molecular complexity index is 706. The molecule has 2 heterocycles. The number of benzene rings is 1. The highest BCUT2D eigenvalue weighted by atomic mass is 79.9. The molecule has 0 unspecified atom stereocenters. The van der Waals surface area contributed by atoms with Crippen LogP contribution in [0, 0.1) is 0 Å². The summed E-state index contributed by atoms with van der Waals surface area (Å²) in [6.07, 6.45) is 2.43. The van der Waals surface area contributed by atoms with Gasteiger partial charge in [0, 0.05) is 12.0 Å². The summed E-state index contributed by atoms with van der Waals surface area (Å²) in [5.74, 6) is 1.21. The van der Waals surface area contributed by atoms with E-state index in [0.29, 0.717) is 12.2 Å². The van der Waals surface area contributed by atoms with Gasteiger partial charge in [-0.15, -0.1) is 0 Å². The van der Waals surface area contributed by atoms with Gasteiger partial charge in [0.05, 0.1) is 16.3 Å². The van der Waals surface area contributed by atoms with Crippen LogP contribution < -0.4 is 0 Å². The number of hydrogen-bond donors (Lipinski definition) is 1. The molecule has 0 atom stereocenters. The van der Waals surface area contributed by atoms with Crippen LogP contribution in [0.5, 0.6) is 5.75 Å². The zero-order chi connectivity index (χ0) is 12.5. The third kappa shape index (κ3) is 1.88. The minimum atomic E-state index is 0.307. The summed E-state index contributed by atoms with van der Waals surface area (Å²) < 4.78 is 3.00. The number of fused-ring (bicyclic) bond motifs is 1. The first kappa shape index (κ1) is 11.3. The first-order valence-electron chi connectivity index (χ1n) is 5.63. The van der Waals surface area contributed by atoms with E-state index in [4.69, 9.17) is 0 Å². The van der Waals surface area contributed by atoms with Crippen LogP contribution in [0.2, 0.25) is 0 Å². The van der Waals surface area contributed by atoms with Gasteiger partial charge in [0.2, 0.25) is 0 Å². The maximum atomic E-state index is 9.80. The molecular formula is C14H11BrN2O. The SMILES string of the molecule is Oc1ccccc1Cc1ncc2cccc(Br)n12. The summed E-state index contributed by atoms with van der Waals surface area (Å²) in [5, 5.41) is 9.80. The van der Waals surface area contributed by atoms with Crippen molar-refractivity contribution in [3.63, 3.8) is 0 Å². The van der Waals surface area contributed by atoms with Crippen molar-refractivity contribution in [2.24, 2.45) is 0 Å². The van der Waals surface area contributed by atoms with Crippen molar-refractivity contribution >= 4 is 21.4 Å². The van der Waals surface area contributed by atoms with E-state index in [9.17, 15) is 5.11 Å². The molecule has 0 fully saturated rings. The third-order valence-corrected chi connectivity index (χ3v) is 3.54. The molecule has 0 saturated carbocycles. The van der Waals surface area contributed by atoms with Crippen molar-refractivity contribution in [3.05, 3.63) is 64.7 Å². The lowest BCUT2D eigenvalue weighted by Crippen LogP contribution is -1.97. The average Bonchev–Trinajstić information content (AvgIpc) is 2.77. The monoisotopic (exact) mass is 302 g/mol. The van der Waals surface area contributed by atoms with E-state index >= 15 is 0 Å². The number of rotatable bonds is 2. The van der Waals surface area contributed by atoms with Crippen LogP contribution in [0.3, 0.4) is 0 Å². The van der Waals surface area contributed by atoms with Crippen molar-refractivity contribution in [3.8, 4) is 5.75 Å². The molecule has 90 valence electrons. The van der Waals surface area contributed by atoms with E-state index < -0.39 is 0 Å². The van der Waals surface area contributed by atoms with Crippen LogP contribution in [-0.2, 0) is 6.42 Å².